The maximum atomic E-state index is 5.86. The molecule has 1 heterocycles. The first kappa shape index (κ1) is 22.8. The summed E-state index contributed by atoms with van der Waals surface area (Å²) in [5.41, 5.74) is 3.32. The van der Waals surface area contributed by atoms with Crippen LogP contribution in [0.2, 0.25) is 0 Å². The molecule has 1 N–H and O–H groups in total. The quantitative estimate of drug-likeness (QED) is 0.390. The number of benzene rings is 2. The van der Waals surface area contributed by atoms with Crippen molar-refractivity contribution in [2.24, 2.45) is 4.99 Å². The summed E-state index contributed by atoms with van der Waals surface area (Å²) in [5.74, 6) is 1.68. The lowest BCUT2D eigenvalue weighted by molar-refractivity contribution is 0.119. The molecule has 1 unspecified atom stereocenters. The number of nitrogens with zero attached hydrogens (tertiary/aromatic N) is 3. The molecule has 0 fully saturated rings. The van der Waals surface area contributed by atoms with Crippen molar-refractivity contribution < 1.29 is 9.47 Å². The Bertz CT molecular complexity index is 957. The van der Waals surface area contributed by atoms with Gasteiger partial charge in [-0.3, -0.25) is 4.99 Å². The van der Waals surface area contributed by atoms with Crippen molar-refractivity contribution in [3.05, 3.63) is 81.8 Å². The second-order valence-corrected chi connectivity index (χ2v) is 8.12. The van der Waals surface area contributed by atoms with Crippen LogP contribution in [0.1, 0.15) is 34.9 Å². The predicted octanol–water partition coefficient (Wildman–Crippen LogP) is 4.64. The Kier molecular flexibility index (Phi) is 8.44. The van der Waals surface area contributed by atoms with Crippen LogP contribution in [0.3, 0.4) is 0 Å². The molecule has 6 nitrogen and oxygen atoms in total. The van der Waals surface area contributed by atoms with E-state index in [1.54, 1.807) is 25.5 Å². The van der Waals surface area contributed by atoms with E-state index in [0.29, 0.717) is 19.7 Å². The van der Waals surface area contributed by atoms with E-state index in [9.17, 15) is 0 Å². The van der Waals surface area contributed by atoms with Crippen LogP contribution in [0.5, 0.6) is 5.75 Å². The smallest absolute Gasteiger partial charge is 0.194 e. The van der Waals surface area contributed by atoms with Crippen LogP contribution in [-0.4, -0.2) is 37.0 Å². The second-order valence-electron chi connectivity index (χ2n) is 7.23. The van der Waals surface area contributed by atoms with Crippen LogP contribution in [-0.2, 0) is 24.4 Å². The van der Waals surface area contributed by atoms with E-state index in [1.807, 2.05) is 44.3 Å². The van der Waals surface area contributed by atoms with Crippen LogP contribution in [0.15, 0.2) is 65.0 Å². The van der Waals surface area contributed by atoms with Crippen molar-refractivity contribution in [1.82, 2.24) is 15.2 Å². The number of thiazole rings is 1. The normalized spacial score (nSPS) is 12.5. The molecule has 7 heteroatoms. The fourth-order valence-electron chi connectivity index (χ4n) is 3.01. The minimum absolute atomic E-state index is 0.0149. The molecule has 1 atom stereocenters. The largest absolute Gasteiger partial charge is 0.489 e. The van der Waals surface area contributed by atoms with Gasteiger partial charge in [0.05, 0.1) is 12.2 Å². The first-order chi connectivity index (χ1) is 15.1. The van der Waals surface area contributed by atoms with E-state index >= 15 is 0 Å². The fraction of sp³-hybridized carbons (Fsp3) is 0.333. The highest BCUT2D eigenvalue weighted by Gasteiger charge is 2.12. The number of ether oxygens (including phenoxy) is 2. The molecule has 2 aromatic carbocycles. The van der Waals surface area contributed by atoms with Crippen LogP contribution < -0.4 is 10.1 Å². The van der Waals surface area contributed by atoms with Gasteiger partial charge < -0.3 is 19.7 Å². The van der Waals surface area contributed by atoms with Crippen molar-refractivity contribution in [2.45, 2.75) is 32.7 Å². The number of hydrogen-bond donors (Lipinski definition) is 1. The standard InChI is InChI=1S/C24H30N4O2S/c1-18(29-4)23-27-21(17-31-23)15-28(3)24(25-2)26-14-19-10-12-22(13-11-19)30-16-20-8-6-5-7-9-20/h5-13,17-18H,14-16H2,1-4H3,(H,25,26). The van der Waals surface area contributed by atoms with E-state index in [0.717, 1.165) is 33.5 Å². The minimum atomic E-state index is 0.0149. The Hall–Kier alpha value is -2.90. The molecular weight excluding hydrogens is 408 g/mol. The van der Waals surface area contributed by atoms with Gasteiger partial charge in [-0.05, 0) is 30.2 Å². The van der Waals surface area contributed by atoms with Gasteiger partial charge in [0.2, 0.25) is 0 Å². The average Bonchev–Trinajstić information content (AvgIpc) is 3.27. The molecule has 0 aliphatic heterocycles. The molecule has 3 rings (SSSR count). The molecular formula is C24H30N4O2S. The molecule has 164 valence electrons. The third-order valence-electron chi connectivity index (χ3n) is 4.87. The first-order valence-electron chi connectivity index (χ1n) is 10.2. The number of rotatable bonds is 9. The van der Waals surface area contributed by atoms with Gasteiger partial charge in [0.1, 0.15) is 23.5 Å². The maximum Gasteiger partial charge on any atom is 0.194 e. The van der Waals surface area contributed by atoms with Gasteiger partial charge in [-0.15, -0.1) is 11.3 Å². The van der Waals surface area contributed by atoms with Gasteiger partial charge in [-0.25, -0.2) is 4.98 Å². The van der Waals surface area contributed by atoms with E-state index in [4.69, 9.17) is 9.47 Å². The molecule has 1 aromatic heterocycles. The van der Waals surface area contributed by atoms with Crippen LogP contribution in [0.4, 0.5) is 0 Å². The summed E-state index contributed by atoms with van der Waals surface area (Å²) in [5, 5.41) is 6.47. The highest BCUT2D eigenvalue weighted by Crippen LogP contribution is 2.21. The zero-order valence-electron chi connectivity index (χ0n) is 18.5. The Morgan fingerprint density at radius 1 is 1.13 bits per heavy atom. The minimum Gasteiger partial charge on any atom is -0.489 e. The molecule has 0 bridgehead atoms. The van der Waals surface area contributed by atoms with Crippen molar-refractivity contribution in [3.8, 4) is 5.75 Å². The summed E-state index contributed by atoms with van der Waals surface area (Å²) in [7, 11) is 5.50. The van der Waals surface area contributed by atoms with Crippen LogP contribution in [0.25, 0.3) is 0 Å². The molecule has 0 aliphatic carbocycles. The van der Waals surface area contributed by atoms with Gasteiger partial charge >= 0.3 is 0 Å². The zero-order chi connectivity index (χ0) is 22.1. The number of hydrogen-bond acceptors (Lipinski definition) is 5. The number of nitrogens with one attached hydrogen (secondary N) is 1. The Morgan fingerprint density at radius 2 is 1.87 bits per heavy atom. The monoisotopic (exact) mass is 438 g/mol. The van der Waals surface area contributed by atoms with Crippen LogP contribution >= 0.6 is 11.3 Å². The molecule has 0 aliphatic rings. The molecule has 0 spiro atoms. The predicted molar refractivity (Wildman–Crippen MR) is 126 cm³/mol. The number of guanidine groups is 1. The van der Waals surface area contributed by atoms with Gasteiger partial charge in [0, 0.05) is 33.1 Å². The Balaban J connectivity index is 1.48. The molecule has 0 saturated heterocycles. The maximum absolute atomic E-state index is 5.86. The Morgan fingerprint density at radius 3 is 2.55 bits per heavy atom. The third-order valence-corrected chi connectivity index (χ3v) is 5.92. The van der Waals surface area contributed by atoms with E-state index in [-0.39, 0.29) is 6.10 Å². The van der Waals surface area contributed by atoms with Gasteiger partial charge in [0.25, 0.3) is 0 Å². The lowest BCUT2D eigenvalue weighted by atomic mass is 10.2. The summed E-state index contributed by atoms with van der Waals surface area (Å²) >= 11 is 1.62. The van der Waals surface area contributed by atoms with Crippen LogP contribution in [0, 0.1) is 0 Å². The summed E-state index contributed by atoms with van der Waals surface area (Å²) in [6.07, 6.45) is 0.0149. The van der Waals surface area contributed by atoms with Crippen molar-refractivity contribution in [1.29, 1.82) is 0 Å². The third kappa shape index (κ3) is 6.80. The van der Waals surface area contributed by atoms with Crippen molar-refractivity contribution in [3.63, 3.8) is 0 Å². The van der Waals surface area contributed by atoms with E-state index < -0.39 is 0 Å². The van der Waals surface area contributed by atoms with Crippen molar-refractivity contribution in [2.75, 3.05) is 21.2 Å². The average molecular weight is 439 g/mol. The summed E-state index contributed by atoms with van der Waals surface area (Å²) in [6.45, 7) is 3.93. The summed E-state index contributed by atoms with van der Waals surface area (Å²) < 4.78 is 11.2. The highest BCUT2D eigenvalue weighted by atomic mass is 32.1. The SMILES string of the molecule is CN=C(NCc1ccc(OCc2ccccc2)cc1)N(C)Cc1csc(C(C)OC)n1. The summed E-state index contributed by atoms with van der Waals surface area (Å²) in [4.78, 5) is 11.1. The Labute approximate surface area is 188 Å². The zero-order valence-corrected chi connectivity index (χ0v) is 19.4. The lowest BCUT2D eigenvalue weighted by Crippen LogP contribution is -2.38. The van der Waals surface area contributed by atoms with Crippen molar-refractivity contribution >= 4 is 17.3 Å². The van der Waals surface area contributed by atoms with Gasteiger partial charge in [0.15, 0.2) is 5.96 Å². The molecule has 0 amide bonds. The molecule has 0 radical (unpaired) electrons. The van der Waals surface area contributed by atoms with E-state index in [1.165, 1.54) is 0 Å². The topological polar surface area (TPSA) is 59.0 Å². The number of aliphatic imine (C=N–C) groups is 1. The second kappa shape index (κ2) is 11.5. The number of aromatic nitrogens is 1. The lowest BCUT2D eigenvalue weighted by Gasteiger charge is -2.21. The molecule has 31 heavy (non-hydrogen) atoms. The summed E-state index contributed by atoms with van der Waals surface area (Å²) in [6, 6.07) is 18.3. The molecule has 0 saturated carbocycles. The van der Waals surface area contributed by atoms with E-state index in [2.05, 4.69) is 49.8 Å². The fourth-order valence-corrected chi connectivity index (χ4v) is 3.85. The van der Waals surface area contributed by atoms with Gasteiger partial charge in [-0.1, -0.05) is 42.5 Å². The number of methoxy groups -OCH3 is 1. The van der Waals surface area contributed by atoms with Gasteiger partial charge in [-0.2, -0.15) is 0 Å². The first-order valence-corrected chi connectivity index (χ1v) is 11.1. The highest BCUT2D eigenvalue weighted by molar-refractivity contribution is 7.09. The molecule has 3 aromatic rings.